The summed E-state index contributed by atoms with van der Waals surface area (Å²) in [5.74, 6) is -0.823. The SMILES string of the molecule is CC/C=C\C/C=C\C[C@@]1(O)C=C(Br)C(=O)C1=C[C@H](O)[C@H](O)CCCC(=O)OC. The van der Waals surface area contributed by atoms with Crippen molar-refractivity contribution >= 4 is 27.7 Å². The van der Waals surface area contributed by atoms with Crippen molar-refractivity contribution in [3.8, 4) is 0 Å². The third-order valence-corrected chi connectivity index (χ3v) is 4.99. The number of aliphatic hydroxyl groups is 3. The number of ketones is 1. The van der Waals surface area contributed by atoms with Crippen LogP contribution in [0.4, 0.5) is 0 Å². The first-order valence-electron chi connectivity index (χ1n) is 9.35. The van der Waals surface area contributed by atoms with Gasteiger partial charge in [0.1, 0.15) is 5.60 Å². The van der Waals surface area contributed by atoms with Crippen LogP contribution in [-0.2, 0) is 14.3 Å². The molecule has 0 aromatic rings. The summed E-state index contributed by atoms with van der Waals surface area (Å²) >= 11 is 3.14. The van der Waals surface area contributed by atoms with Crippen LogP contribution in [0.1, 0.15) is 45.4 Å². The van der Waals surface area contributed by atoms with Gasteiger partial charge >= 0.3 is 5.97 Å². The molecule has 0 aliphatic heterocycles. The highest BCUT2D eigenvalue weighted by Gasteiger charge is 2.41. The molecule has 0 spiro atoms. The molecule has 0 aromatic carbocycles. The molecule has 0 aromatic heterocycles. The summed E-state index contributed by atoms with van der Waals surface area (Å²) in [5, 5.41) is 31.2. The molecule has 0 saturated heterocycles. The molecule has 7 heteroatoms. The number of carbonyl (C=O) groups is 2. The number of hydrogen-bond donors (Lipinski definition) is 3. The zero-order chi connectivity index (χ0) is 21.2. The van der Waals surface area contributed by atoms with Crippen LogP contribution in [0.15, 0.2) is 46.5 Å². The maximum Gasteiger partial charge on any atom is 0.305 e. The lowest BCUT2D eigenvalue weighted by Gasteiger charge is -2.23. The Morgan fingerprint density at radius 2 is 1.96 bits per heavy atom. The molecule has 156 valence electrons. The molecule has 6 nitrogen and oxygen atoms in total. The Morgan fingerprint density at radius 1 is 1.29 bits per heavy atom. The van der Waals surface area contributed by atoms with Crippen molar-refractivity contribution in [2.24, 2.45) is 0 Å². The van der Waals surface area contributed by atoms with Crippen LogP contribution in [0, 0.1) is 0 Å². The summed E-state index contributed by atoms with van der Waals surface area (Å²) in [7, 11) is 1.28. The van der Waals surface area contributed by atoms with Crippen LogP contribution in [0.3, 0.4) is 0 Å². The Bertz CT molecular complexity index is 664. The Hall–Kier alpha value is -1.54. The van der Waals surface area contributed by atoms with Crippen LogP contribution < -0.4 is 0 Å². The van der Waals surface area contributed by atoms with Gasteiger partial charge in [0.15, 0.2) is 5.78 Å². The summed E-state index contributed by atoms with van der Waals surface area (Å²) < 4.78 is 4.74. The summed E-state index contributed by atoms with van der Waals surface area (Å²) in [5.41, 5.74) is -1.53. The number of methoxy groups -OCH3 is 1. The van der Waals surface area contributed by atoms with E-state index in [0.717, 1.165) is 12.8 Å². The van der Waals surface area contributed by atoms with Crippen molar-refractivity contribution in [3.05, 3.63) is 46.5 Å². The van der Waals surface area contributed by atoms with Crippen molar-refractivity contribution < 1.29 is 29.6 Å². The molecular weight excluding hydrogens is 428 g/mol. The number of carbonyl (C=O) groups excluding carboxylic acids is 2. The molecule has 1 rings (SSSR count). The van der Waals surface area contributed by atoms with Crippen molar-refractivity contribution in [3.63, 3.8) is 0 Å². The highest BCUT2D eigenvalue weighted by Crippen LogP contribution is 2.37. The van der Waals surface area contributed by atoms with Crippen LogP contribution in [0.2, 0.25) is 0 Å². The quantitative estimate of drug-likeness (QED) is 0.251. The molecule has 0 unspecified atom stereocenters. The van der Waals surface area contributed by atoms with Gasteiger partial charge in [-0.1, -0.05) is 31.2 Å². The highest BCUT2D eigenvalue weighted by molar-refractivity contribution is 9.12. The van der Waals surface area contributed by atoms with E-state index in [1.54, 1.807) is 6.08 Å². The van der Waals surface area contributed by atoms with E-state index in [2.05, 4.69) is 20.7 Å². The first-order chi connectivity index (χ1) is 13.2. The van der Waals surface area contributed by atoms with E-state index in [4.69, 9.17) is 0 Å². The van der Waals surface area contributed by atoms with Crippen LogP contribution >= 0.6 is 15.9 Å². The second kappa shape index (κ2) is 12.1. The second-order valence-electron chi connectivity index (χ2n) is 6.64. The first-order valence-corrected chi connectivity index (χ1v) is 10.1. The zero-order valence-corrected chi connectivity index (χ0v) is 17.9. The van der Waals surface area contributed by atoms with Gasteiger partial charge in [0.2, 0.25) is 0 Å². The summed E-state index contributed by atoms with van der Waals surface area (Å²) in [6.45, 7) is 2.04. The lowest BCUT2D eigenvalue weighted by Crippen LogP contribution is -2.31. The molecule has 0 saturated carbocycles. The third kappa shape index (κ3) is 7.47. The Morgan fingerprint density at radius 3 is 2.61 bits per heavy atom. The molecule has 0 heterocycles. The number of aliphatic hydroxyl groups excluding tert-OH is 2. The molecule has 0 radical (unpaired) electrons. The minimum absolute atomic E-state index is 0.0210. The molecule has 0 bridgehead atoms. The summed E-state index contributed by atoms with van der Waals surface area (Å²) in [6.07, 6.45) is 10.3. The fourth-order valence-electron chi connectivity index (χ4n) is 2.78. The van der Waals surface area contributed by atoms with Crippen LogP contribution in [0.25, 0.3) is 0 Å². The monoisotopic (exact) mass is 456 g/mol. The number of rotatable bonds is 11. The molecule has 1 aliphatic carbocycles. The van der Waals surface area contributed by atoms with Gasteiger partial charge < -0.3 is 20.1 Å². The van der Waals surface area contributed by atoms with Gasteiger partial charge in [0, 0.05) is 18.4 Å². The lowest BCUT2D eigenvalue weighted by atomic mass is 9.90. The zero-order valence-electron chi connectivity index (χ0n) is 16.3. The number of allylic oxidation sites excluding steroid dienone is 4. The van der Waals surface area contributed by atoms with E-state index in [0.29, 0.717) is 6.42 Å². The van der Waals surface area contributed by atoms with Crippen molar-refractivity contribution in [1.82, 2.24) is 0 Å². The predicted octanol–water partition coefficient (Wildman–Crippen LogP) is 2.87. The molecule has 3 atom stereocenters. The third-order valence-electron chi connectivity index (χ3n) is 4.40. The summed E-state index contributed by atoms with van der Waals surface area (Å²) in [6, 6.07) is 0. The topological polar surface area (TPSA) is 104 Å². The second-order valence-corrected chi connectivity index (χ2v) is 7.50. The van der Waals surface area contributed by atoms with Gasteiger partial charge in [0.25, 0.3) is 0 Å². The van der Waals surface area contributed by atoms with E-state index in [-0.39, 0.29) is 29.3 Å². The minimum Gasteiger partial charge on any atom is -0.469 e. The van der Waals surface area contributed by atoms with Gasteiger partial charge in [-0.2, -0.15) is 0 Å². The smallest absolute Gasteiger partial charge is 0.305 e. The fourth-order valence-corrected chi connectivity index (χ4v) is 3.37. The Kier molecular flexibility index (Phi) is 10.6. The van der Waals surface area contributed by atoms with E-state index in [1.807, 2.05) is 25.2 Å². The predicted molar refractivity (Wildman–Crippen MR) is 111 cm³/mol. The molecule has 28 heavy (non-hydrogen) atoms. The van der Waals surface area contributed by atoms with Crippen molar-refractivity contribution in [1.29, 1.82) is 0 Å². The van der Waals surface area contributed by atoms with Gasteiger partial charge in [-0.15, -0.1) is 0 Å². The Labute approximate surface area is 174 Å². The van der Waals surface area contributed by atoms with Crippen LogP contribution in [-0.4, -0.2) is 52.0 Å². The number of esters is 1. The normalized spacial score (nSPS) is 23.6. The largest absolute Gasteiger partial charge is 0.469 e. The maximum absolute atomic E-state index is 12.4. The van der Waals surface area contributed by atoms with Gasteiger partial charge in [-0.05, 0) is 53.8 Å². The van der Waals surface area contributed by atoms with Gasteiger partial charge in [-0.25, -0.2) is 0 Å². The molecule has 3 N–H and O–H groups in total. The Balaban J connectivity index is 2.78. The first kappa shape index (κ1) is 24.5. The van der Waals surface area contributed by atoms with Crippen molar-refractivity contribution in [2.75, 3.05) is 7.11 Å². The number of Topliss-reactive ketones (excluding diaryl/α,β-unsaturated/α-hetero) is 1. The van der Waals surface area contributed by atoms with E-state index >= 15 is 0 Å². The van der Waals surface area contributed by atoms with Crippen molar-refractivity contribution in [2.45, 2.75) is 63.3 Å². The summed E-state index contributed by atoms with van der Waals surface area (Å²) in [4.78, 5) is 23.5. The number of ether oxygens (including phenoxy) is 1. The lowest BCUT2D eigenvalue weighted by molar-refractivity contribution is -0.140. The average molecular weight is 457 g/mol. The van der Waals surface area contributed by atoms with Gasteiger partial charge in [-0.3, -0.25) is 9.59 Å². The van der Waals surface area contributed by atoms with Crippen LogP contribution in [0.5, 0.6) is 0 Å². The highest BCUT2D eigenvalue weighted by atomic mass is 79.9. The standard InChI is InChI=1S/C21H29BrO6/c1-3-4-5-6-7-8-12-21(27)14-16(22)20(26)15(21)13-18(24)17(23)10-9-11-19(25)28-2/h4-5,7-8,13-14,17-18,23-24,27H,3,6,9-12H2,1-2H3/b5-4-,8-7-,15-13?/t17-,18+,21-/m1/s1. The molecular formula is C21H29BrO6. The number of hydrogen-bond acceptors (Lipinski definition) is 6. The van der Waals surface area contributed by atoms with Gasteiger partial charge in [0.05, 0.1) is 23.8 Å². The van der Waals surface area contributed by atoms with E-state index < -0.39 is 29.6 Å². The molecule has 0 amide bonds. The number of halogens is 1. The maximum atomic E-state index is 12.4. The average Bonchev–Trinajstić information content (AvgIpc) is 2.87. The fraction of sp³-hybridized carbons (Fsp3) is 0.524. The molecule has 0 fully saturated rings. The van der Waals surface area contributed by atoms with E-state index in [1.165, 1.54) is 19.3 Å². The molecule has 1 aliphatic rings. The minimum atomic E-state index is -1.55. The van der Waals surface area contributed by atoms with E-state index in [9.17, 15) is 24.9 Å².